The molecule has 1 rings (SSSR count). The van der Waals surface area contributed by atoms with E-state index in [1.54, 1.807) is 6.07 Å². The molecule has 1 aromatic heterocycles. The first-order valence-corrected chi connectivity index (χ1v) is 6.92. The molecule has 0 saturated carbocycles. The number of carbonyl (C=O) groups excluding carboxylic acids is 3. The summed E-state index contributed by atoms with van der Waals surface area (Å²) in [5, 5.41) is 2.21. The van der Waals surface area contributed by atoms with Crippen LogP contribution in [0.3, 0.4) is 0 Å². The van der Waals surface area contributed by atoms with Crippen molar-refractivity contribution >= 4 is 29.2 Å². The summed E-state index contributed by atoms with van der Waals surface area (Å²) < 4.78 is 0. The van der Waals surface area contributed by atoms with E-state index >= 15 is 0 Å². The molecule has 1 atom stereocenters. The number of hydrazine groups is 1. The monoisotopic (exact) mass is 298 g/mol. The molecule has 4 amide bonds. The Kier molecular flexibility index (Phi) is 5.51. The summed E-state index contributed by atoms with van der Waals surface area (Å²) in [6, 6.07) is 0.139. The Balaban J connectivity index is 2.54. The van der Waals surface area contributed by atoms with Crippen LogP contribution in [-0.2, 0) is 11.2 Å². The van der Waals surface area contributed by atoms with Crippen LogP contribution in [0.5, 0.6) is 0 Å². The fourth-order valence-corrected chi connectivity index (χ4v) is 2.56. The fourth-order valence-electron chi connectivity index (χ4n) is 1.55. The zero-order valence-electron chi connectivity index (χ0n) is 11.6. The van der Waals surface area contributed by atoms with Crippen molar-refractivity contribution in [2.75, 3.05) is 0 Å². The highest BCUT2D eigenvalue weighted by molar-refractivity contribution is 7.14. The van der Waals surface area contributed by atoms with E-state index < -0.39 is 23.9 Å². The Morgan fingerprint density at radius 1 is 1.35 bits per heavy atom. The van der Waals surface area contributed by atoms with Crippen LogP contribution in [0.25, 0.3) is 0 Å². The standard InChI is InChI=1S/C12H18N4O3S/c1-4-8-6(2)5-9(20-8)11(18)16-15-10(17)7(3)14-12(13)19/h5,7H,4H2,1-3H3,(H,15,17)(H,16,18)(H3,13,14,19). The van der Waals surface area contributed by atoms with Crippen LogP contribution in [0.4, 0.5) is 4.79 Å². The first-order valence-electron chi connectivity index (χ1n) is 6.10. The maximum absolute atomic E-state index is 11.8. The molecule has 7 nitrogen and oxygen atoms in total. The van der Waals surface area contributed by atoms with Crippen LogP contribution in [0.15, 0.2) is 6.07 Å². The van der Waals surface area contributed by atoms with Gasteiger partial charge in [0.2, 0.25) is 0 Å². The molecule has 1 unspecified atom stereocenters. The second-order valence-electron chi connectivity index (χ2n) is 4.24. The zero-order chi connectivity index (χ0) is 15.3. The van der Waals surface area contributed by atoms with E-state index in [-0.39, 0.29) is 0 Å². The minimum absolute atomic E-state index is 0.391. The van der Waals surface area contributed by atoms with Gasteiger partial charge in [-0.2, -0.15) is 0 Å². The third kappa shape index (κ3) is 4.23. The summed E-state index contributed by atoms with van der Waals surface area (Å²) in [7, 11) is 0. The van der Waals surface area contributed by atoms with E-state index in [0.29, 0.717) is 4.88 Å². The van der Waals surface area contributed by atoms with Gasteiger partial charge in [0.15, 0.2) is 0 Å². The van der Waals surface area contributed by atoms with Crippen molar-refractivity contribution in [3.05, 3.63) is 21.4 Å². The van der Waals surface area contributed by atoms with Gasteiger partial charge in [0.05, 0.1) is 4.88 Å². The minimum atomic E-state index is -0.830. The molecule has 1 aromatic rings. The average molecular weight is 298 g/mol. The van der Waals surface area contributed by atoms with Crippen molar-refractivity contribution in [3.63, 3.8) is 0 Å². The predicted octanol–water partition coefficient (Wildman–Crippen LogP) is 0.437. The first kappa shape index (κ1) is 16.0. The average Bonchev–Trinajstić information content (AvgIpc) is 2.76. The van der Waals surface area contributed by atoms with Crippen LogP contribution < -0.4 is 21.9 Å². The molecule has 1 heterocycles. The molecule has 0 bridgehead atoms. The third-order valence-corrected chi connectivity index (χ3v) is 4.00. The maximum Gasteiger partial charge on any atom is 0.312 e. The number of thiophene rings is 1. The van der Waals surface area contributed by atoms with Crippen LogP contribution in [0, 0.1) is 6.92 Å². The number of nitrogens with one attached hydrogen (secondary N) is 3. The molecule has 0 aliphatic rings. The smallest absolute Gasteiger partial charge is 0.312 e. The van der Waals surface area contributed by atoms with Gasteiger partial charge in [0.1, 0.15) is 6.04 Å². The Labute approximate surface area is 120 Å². The highest BCUT2D eigenvalue weighted by Crippen LogP contribution is 2.21. The van der Waals surface area contributed by atoms with Crippen molar-refractivity contribution in [2.45, 2.75) is 33.2 Å². The van der Waals surface area contributed by atoms with Gasteiger partial charge in [-0.05, 0) is 31.9 Å². The molecule has 20 heavy (non-hydrogen) atoms. The Morgan fingerprint density at radius 3 is 2.50 bits per heavy atom. The van der Waals surface area contributed by atoms with Crippen molar-refractivity contribution in [2.24, 2.45) is 5.73 Å². The highest BCUT2D eigenvalue weighted by Gasteiger charge is 2.16. The number of primary amides is 1. The second-order valence-corrected chi connectivity index (χ2v) is 5.38. The summed E-state index contributed by atoms with van der Waals surface area (Å²) in [5.41, 5.74) is 10.5. The van der Waals surface area contributed by atoms with Crippen LogP contribution >= 0.6 is 11.3 Å². The molecule has 0 aliphatic carbocycles. The van der Waals surface area contributed by atoms with E-state index in [1.165, 1.54) is 18.3 Å². The van der Waals surface area contributed by atoms with Crippen molar-refractivity contribution in [1.82, 2.24) is 16.2 Å². The quantitative estimate of drug-likeness (QED) is 0.605. The van der Waals surface area contributed by atoms with Gasteiger partial charge in [-0.25, -0.2) is 4.79 Å². The molecule has 0 aliphatic heterocycles. The molecule has 0 fully saturated rings. The van der Waals surface area contributed by atoms with E-state index in [0.717, 1.165) is 16.9 Å². The number of amides is 4. The van der Waals surface area contributed by atoms with Gasteiger partial charge in [-0.1, -0.05) is 6.92 Å². The number of urea groups is 1. The van der Waals surface area contributed by atoms with Crippen LogP contribution in [-0.4, -0.2) is 23.9 Å². The normalized spacial score (nSPS) is 11.6. The summed E-state index contributed by atoms with van der Waals surface area (Å²) in [6.45, 7) is 5.40. The molecule has 0 radical (unpaired) electrons. The molecule has 0 saturated heterocycles. The van der Waals surface area contributed by atoms with Crippen molar-refractivity contribution in [1.29, 1.82) is 0 Å². The lowest BCUT2D eigenvalue weighted by Gasteiger charge is -2.12. The lowest BCUT2D eigenvalue weighted by molar-refractivity contribution is -0.123. The molecular formula is C12H18N4O3S. The number of rotatable bonds is 4. The SMILES string of the molecule is CCc1sc(C(=O)NNC(=O)C(C)NC(N)=O)cc1C. The summed E-state index contributed by atoms with van der Waals surface area (Å²) in [6.07, 6.45) is 0.857. The van der Waals surface area contributed by atoms with E-state index in [1.807, 2.05) is 13.8 Å². The third-order valence-electron chi connectivity index (χ3n) is 2.62. The van der Waals surface area contributed by atoms with Gasteiger partial charge in [-0.15, -0.1) is 11.3 Å². The zero-order valence-corrected chi connectivity index (χ0v) is 12.4. The first-order chi connectivity index (χ1) is 9.35. The van der Waals surface area contributed by atoms with Gasteiger partial charge < -0.3 is 11.1 Å². The second kappa shape index (κ2) is 6.90. The molecule has 110 valence electrons. The lowest BCUT2D eigenvalue weighted by atomic mass is 10.2. The minimum Gasteiger partial charge on any atom is -0.352 e. The highest BCUT2D eigenvalue weighted by atomic mass is 32.1. The number of carbonyl (C=O) groups is 3. The van der Waals surface area contributed by atoms with Crippen LogP contribution in [0.2, 0.25) is 0 Å². The number of nitrogens with two attached hydrogens (primary N) is 1. The number of aryl methyl sites for hydroxylation is 2. The van der Waals surface area contributed by atoms with Crippen molar-refractivity contribution in [3.8, 4) is 0 Å². The molecular weight excluding hydrogens is 280 g/mol. The maximum atomic E-state index is 11.8. The summed E-state index contributed by atoms with van der Waals surface area (Å²) in [4.78, 5) is 35.6. The Bertz CT molecular complexity index is 527. The molecule has 5 N–H and O–H groups in total. The predicted molar refractivity (Wildman–Crippen MR) is 76.2 cm³/mol. The van der Waals surface area contributed by atoms with Crippen LogP contribution in [0.1, 0.15) is 34.0 Å². The van der Waals surface area contributed by atoms with Gasteiger partial charge in [0, 0.05) is 4.88 Å². The Morgan fingerprint density at radius 2 is 2.00 bits per heavy atom. The Hall–Kier alpha value is -2.09. The summed E-state index contributed by atoms with van der Waals surface area (Å²) >= 11 is 1.39. The van der Waals surface area contributed by atoms with Gasteiger partial charge in [-0.3, -0.25) is 20.4 Å². The molecule has 8 heteroatoms. The van der Waals surface area contributed by atoms with E-state index in [2.05, 4.69) is 16.2 Å². The topological polar surface area (TPSA) is 113 Å². The number of hydrogen-bond donors (Lipinski definition) is 4. The largest absolute Gasteiger partial charge is 0.352 e. The lowest BCUT2D eigenvalue weighted by Crippen LogP contribution is -2.51. The van der Waals surface area contributed by atoms with E-state index in [9.17, 15) is 14.4 Å². The molecule has 0 aromatic carbocycles. The van der Waals surface area contributed by atoms with E-state index in [4.69, 9.17) is 5.73 Å². The van der Waals surface area contributed by atoms with Gasteiger partial charge >= 0.3 is 6.03 Å². The fraction of sp³-hybridized carbons (Fsp3) is 0.417. The van der Waals surface area contributed by atoms with Crippen molar-refractivity contribution < 1.29 is 14.4 Å². The summed E-state index contributed by atoms with van der Waals surface area (Å²) in [5.74, 6) is -0.946. The molecule has 0 spiro atoms. The van der Waals surface area contributed by atoms with Gasteiger partial charge in [0.25, 0.3) is 11.8 Å². The number of hydrogen-bond acceptors (Lipinski definition) is 4.